The van der Waals surface area contributed by atoms with E-state index in [1.54, 1.807) is 0 Å². The molecule has 1 N–H and O–H groups in total. The first-order chi connectivity index (χ1) is 12.7. The van der Waals surface area contributed by atoms with Crippen LogP contribution in [0.1, 0.15) is 25.7 Å². The lowest BCUT2D eigenvalue weighted by atomic mass is 10.1. The number of aromatic nitrogens is 1. The Labute approximate surface area is 163 Å². The van der Waals surface area contributed by atoms with Crippen molar-refractivity contribution < 1.29 is 0 Å². The second kappa shape index (κ2) is 10.1. The Balaban J connectivity index is 1.30. The number of nitrogens with one attached hydrogen (secondary N) is 1. The Hall–Kier alpha value is -1.32. The predicted octanol–water partition coefficient (Wildman–Crippen LogP) is 5.20. The van der Waals surface area contributed by atoms with Gasteiger partial charge in [-0.3, -0.25) is 4.98 Å². The van der Waals surface area contributed by atoms with Crippen molar-refractivity contribution >= 4 is 28.2 Å². The van der Waals surface area contributed by atoms with Crippen LogP contribution >= 0.6 is 11.6 Å². The number of rotatable bonds is 10. The van der Waals surface area contributed by atoms with E-state index in [9.17, 15) is 0 Å². The zero-order chi connectivity index (χ0) is 18.2. The van der Waals surface area contributed by atoms with Crippen LogP contribution in [-0.2, 0) is 0 Å². The number of hydrogen-bond acceptors (Lipinski definition) is 3. The second-order valence-electron chi connectivity index (χ2n) is 6.89. The van der Waals surface area contributed by atoms with Gasteiger partial charge in [0.1, 0.15) is 0 Å². The molecule has 26 heavy (non-hydrogen) atoms. The summed E-state index contributed by atoms with van der Waals surface area (Å²) < 4.78 is 0. The average Bonchev–Trinajstić information content (AvgIpc) is 3.13. The predicted molar refractivity (Wildman–Crippen MR) is 112 cm³/mol. The molecule has 0 atom stereocenters. The van der Waals surface area contributed by atoms with Crippen LogP contribution in [0.4, 0.5) is 5.69 Å². The molecule has 1 aromatic heterocycles. The number of fused-ring (bicyclic) bond motifs is 1. The van der Waals surface area contributed by atoms with E-state index < -0.39 is 0 Å². The molecule has 1 fully saturated rings. The maximum atomic E-state index is 6.04. The molecule has 3 rings (SSSR count). The third-order valence-electron chi connectivity index (χ3n) is 4.67. The number of anilines is 1. The third kappa shape index (κ3) is 5.85. The van der Waals surface area contributed by atoms with Gasteiger partial charge in [-0.1, -0.05) is 24.4 Å². The summed E-state index contributed by atoms with van der Waals surface area (Å²) in [4.78, 5) is 6.79. The Morgan fingerprint density at radius 3 is 2.69 bits per heavy atom. The van der Waals surface area contributed by atoms with Crippen molar-refractivity contribution in [2.75, 3.05) is 32.0 Å². The summed E-state index contributed by atoms with van der Waals surface area (Å²) >= 11 is 6.04. The third-order valence-corrected chi connectivity index (χ3v) is 4.91. The zero-order valence-corrected chi connectivity index (χ0v) is 16.2. The Bertz CT molecular complexity index is 682. The molecule has 0 spiro atoms. The normalized spacial score (nSPS) is 15.2. The zero-order valence-electron chi connectivity index (χ0n) is 15.4. The standard InChI is InChI=1S/C22H27ClN3/c1-26(17-18-8-4-5-9-18)15-7-3-2-6-13-24-21-12-14-25-22-16-19(23)10-11-20(21)22/h4-5,8-12,14,16H,2-3,6-7,13,15,17H2,1H3,(H,24,25). The van der Waals surface area contributed by atoms with Crippen molar-refractivity contribution in [3.63, 3.8) is 0 Å². The highest BCUT2D eigenvalue weighted by Gasteiger charge is 2.17. The van der Waals surface area contributed by atoms with Gasteiger partial charge in [-0.15, -0.1) is 0 Å². The fraction of sp³-hybridized carbons (Fsp3) is 0.364. The average molecular weight is 369 g/mol. The van der Waals surface area contributed by atoms with Gasteiger partial charge < -0.3 is 10.2 Å². The van der Waals surface area contributed by atoms with Crippen LogP contribution in [0.15, 0.2) is 30.5 Å². The SMILES string of the molecule is CN(CCCCCCNc1ccnc2cc(Cl)ccc12)C[C]1[CH][CH][CH][CH]1. The Morgan fingerprint density at radius 2 is 1.85 bits per heavy atom. The Kier molecular flexibility index (Phi) is 7.57. The minimum Gasteiger partial charge on any atom is -0.384 e. The van der Waals surface area contributed by atoms with E-state index in [0.717, 1.165) is 41.2 Å². The van der Waals surface area contributed by atoms with Crippen LogP contribution in [0.2, 0.25) is 5.02 Å². The van der Waals surface area contributed by atoms with E-state index in [4.69, 9.17) is 11.6 Å². The van der Waals surface area contributed by atoms with Gasteiger partial charge in [0.05, 0.1) is 5.52 Å². The number of pyridine rings is 1. The summed E-state index contributed by atoms with van der Waals surface area (Å²) in [7, 11) is 2.20. The molecule has 1 aromatic carbocycles. The maximum Gasteiger partial charge on any atom is 0.0737 e. The van der Waals surface area contributed by atoms with Crippen LogP contribution in [0.3, 0.4) is 0 Å². The van der Waals surface area contributed by atoms with Gasteiger partial charge in [-0.05, 0) is 82.3 Å². The fourth-order valence-electron chi connectivity index (χ4n) is 3.27. The van der Waals surface area contributed by atoms with Crippen molar-refractivity contribution in [1.29, 1.82) is 0 Å². The first-order valence-electron chi connectivity index (χ1n) is 9.39. The van der Waals surface area contributed by atoms with E-state index in [-0.39, 0.29) is 0 Å². The van der Waals surface area contributed by atoms with Gasteiger partial charge in [0.15, 0.2) is 0 Å². The monoisotopic (exact) mass is 368 g/mol. The fourth-order valence-corrected chi connectivity index (χ4v) is 3.44. The van der Waals surface area contributed by atoms with Crippen molar-refractivity contribution in [3.8, 4) is 0 Å². The minimum atomic E-state index is 0.727. The minimum absolute atomic E-state index is 0.727. The molecule has 1 heterocycles. The highest BCUT2D eigenvalue weighted by molar-refractivity contribution is 6.31. The quantitative estimate of drug-likeness (QED) is 0.584. The molecule has 0 amide bonds. The first-order valence-corrected chi connectivity index (χ1v) is 9.77. The molecule has 4 heteroatoms. The van der Waals surface area contributed by atoms with Gasteiger partial charge in [0, 0.05) is 35.4 Å². The highest BCUT2D eigenvalue weighted by atomic mass is 35.5. The van der Waals surface area contributed by atoms with Gasteiger partial charge >= 0.3 is 0 Å². The van der Waals surface area contributed by atoms with Gasteiger partial charge in [0.2, 0.25) is 0 Å². The maximum absolute atomic E-state index is 6.04. The highest BCUT2D eigenvalue weighted by Crippen LogP contribution is 2.25. The molecule has 0 aliphatic heterocycles. The van der Waals surface area contributed by atoms with Crippen molar-refractivity contribution in [3.05, 3.63) is 67.1 Å². The topological polar surface area (TPSA) is 28.2 Å². The molecule has 0 bridgehead atoms. The van der Waals surface area contributed by atoms with E-state index in [1.807, 2.05) is 30.5 Å². The molecule has 1 saturated carbocycles. The van der Waals surface area contributed by atoms with Crippen LogP contribution in [-0.4, -0.2) is 36.6 Å². The van der Waals surface area contributed by atoms with Crippen LogP contribution < -0.4 is 5.32 Å². The number of unbranched alkanes of at least 4 members (excludes halogenated alkanes) is 3. The molecular formula is C22H27ClN3. The molecule has 1 aliphatic carbocycles. The van der Waals surface area contributed by atoms with E-state index in [0.29, 0.717) is 0 Å². The number of hydrogen-bond donors (Lipinski definition) is 1. The molecule has 5 radical (unpaired) electrons. The second-order valence-corrected chi connectivity index (χ2v) is 7.33. The van der Waals surface area contributed by atoms with Crippen molar-refractivity contribution in [1.82, 2.24) is 9.88 Å². The summed E-state index contributed by atoms with van der Waals surface area (Å²) in [6, 6.07) is 7.90. The van der Waals surface area contributed by atoms with E-state index in [1.165, 1.54) is 31.6 Å². The Morgan fingerprint density at radius 1 is 1.04 bits per heavy atom. The van der Waals surface area contributed by atoms with E-state index in [2.05, 4.69) is 47.9 Å². The molecule has 137 valence electrons. The molecule has 2 aromatic rings. The van der Waals surface area contributed by atoms with Gasteiger partial charge in [0.25, 0.3) is 0 Å². The number of nitrogens with zero attached hydrogens (tertiary/aromatic N) is 2. The molecular weight excluding hydrogens is 342 g/mol. The van der Waals surface area contributed by atoms with Crippen molar-refractivity contribution in [2.24, 2.45) is 0 Å². The summed E-state index contributed by atoms with van der Waals surface area (Å²) in [5, 5.41) is 5.40. The van der Waals surface area contributed by atoms with Crippen molar-refractivity contribution in [2.45, 2.75) is 25.7 Å². The first kappa shape index (κ1) is 19.4. The summed E-state index contributed by atoms with van der Waals surface area (Å²) in [6.45, 7) is 3.20. The molecule has 3 nitrogen and oxygen atoms in total. The lowest BCUT2D eigenvalue weighted by Gasteiger charge is -2.19. The summed E-state index contributed by atoms with van der Waals surface area (Å²) in [6.07, 6.45) is 15.4. The van der Waals surface area contributed by atoms with E-state index >= 15 is 0 Å². The molecule has 0 unspecified atom stereocenters. The summed E-state index contributed by atoms with van der Waals surface area (Å²) in [5.41, 5.74) is 2.08. The lowest BCUT2D eigenvalue weighted by molar-refractivity contribution is 0.341. The van der Waals surface area contributed by atoms with Crippen LogP contribution in [0, 0.1) is 31.6 Å². The number of halogens is 1. The van der Waals surface area contributed by atoms with Crippen LogP contribution in [0.25, 0.3) is 10.9 Å². The van der Waals surface area contributed by atoms with Crippen LogP contribution in [0.5, 0.6) is 0 Å². The lowest BCUT2D eigenvalue weighted by Crippen LogP contribution is -2.25. The smallest absolute Gasteiger partial charge is 0.0737 e. The largest absolute Gasteiger partial charge is 0.384 e. The van der Waals surface area contributed by atoms with Gasteiger partial charge in [-0.25, -0.2) is 0 Å². The summed E-state index contributed by atoms with van der Waals surface area (Å²) in [5.74, 6) is 1.41. The molecule has 0 saturated heterocycles. The van der Waals surface area contributed by atoms with Gasteiger partial charge in [-0.2, -0.15) is 0 Å². The number of benzene rings is 1. The molecule has 1 aliphatic rings.